The summed E-state index contributed by atoms with van der Waals surface area (Å²) in [7, 11) is 0. The third-order valence-corrected chi connectivity index (χ3v) is 9.16. The molecule has 3 rings (SSSR count). The van der Waals surface area contributed by atoms with Crippen molar-refractivity contribution in [2.45, 2.75) is 182 Å². The molecule has 3 heterocycles. The standard InChI is InChI=1S/C35H68N8/c1-25(2)43(26(3)4)31-39-29(36-19-15-13-17-27-21-32(5,6)41-33(7,8)22-27)38-30(40-31)37-20-16-14-18-28-23-34(9,10)42-35(11,12)24-28/h25-28,41-42H,13-24H2,1-12H3,(H2,36,37,38,39,40). The first-order chi connectivity index (χ1) is 19.9. The van der Waals surface area contributed by atoms with E-state index in [9.17, 15) is 0 Å². The van der Waals surface area contributed by atoms with Gasteiger partial charge in [-0.1, -0.05) is 25.7 Å². The van der Waals surface area contributed by atoms with Gasteiger partial charge >= 0.3 is 0 Å². The normalized spacial score (nSPS) is 21.7. The summed E-state index contributed by atoms with van der Waals surface area (Å²) in [5, 5.41) is 14.7. The molecule has 2 saturated heterocycles. The van der Waals surface area contributed by atoms with E-state index in [2.05, 4.69) is 109 Å². The Balaban J connectivity index is 1.53. The van der Waals surface area contributed by atoms with Crippen LogP contribution in [-0.4, -0.2) is 62.3 Å². The second-order valence-electron chi connectivity index (χ2n) is 17.1. The summed E-state index contributed by atoms with van der Waals surface area (Å²) < 4.78 is 0. The number of nitrogens with one attached hydrogen (secondary N) is 4. The lowest BCUT2D eigenvalue weighted by Crippen LogP contribution is -2.57. The minimum absolute atomic E-state index is 0.217. The van der Waals surface area contributed by atoms with E-state index in [1.807, 2.05) is 0 Å². The number of anilines is 3. The van der Waals surface area contributed by atoms with Gasteiger partial charge in [0, 0.05) is 47.3 Å². The predicted octanol–water partition coefficient (Wildman–Crippen LogP) is 7.77. The Labute approximate surface area is 265 Å². The minimum atomic E-state index is 0.217. The molecular weight excluding hydrogens is 532 g/mol. The Morgan fingerprint density at radius 3 is 1.28 bits per heavy atom. The van der Waals surface area contributed by atoms with Crippen LogP contribution < -0.4 is 26.2 Å². The van der Waals surface area contributed by atoms with E-state index < -0.39 is 0 Å². The van der Waals surface area contributed by atoms with Crippen molar-refractivity contribution in [3.05, 3.63) is 0 Å². The van der Waals surface area contributed by atoms with Crippen LogP contribution in [0.2, 0.25) is 0 Å². The average Bonchev–Trinajstić information content (AvgIpc) is 2.79. The van der Waals surface area contributed by atoms with Gasteiger partial charge in [0.15, 0.2) is 0 Å². The third kappa shape index (κ3) is 12.0. The fraction of sp³-hybridized carbons (Fsp3) is 0.914. The summed E-state index contributed by atoms with van der Waals surface area (Å²) in [4.78, 5) is 16.8. The average molecular weight is 601 g/mol. The second-order valence-corrected chi connectivity index (χ2v) is 17.1. The molecule has 0 aliphatic carbocycles. The Hall–Kier alpha value is -1.67. The number of hydrogen-bond acceptors (Lipinski definition) is 8. The van der Waals surface area contributed by atoms with E-state index in [0.29, 0.717) is 24.0 Å². The van der Waals surface area contributed by atoms with Gasteiger partial charge in [-0.2, -0.15) is 15.0 Å². The molecule has 43 heavy (non-hydrogen) atoms. The summed E-state index contributed by atoms with van der Waals surface area (Å²) >= 11 is 0. The number of nitrogens with zero attached hydrogens (tertiary/aromatic N) is 4. The van der Waals surface area contributed by atoms with E-state index in [1.165, 1.54) is 51.4 Å². The molecule has 0 aromatic carbocycles. The van der Waals surface area contributed by atoms with E-state index in [0.717, 1.165) is 43.7 Å². The van der Waals surface area contributed by atoms with Crippen molar-refractivity contribution in [3.8, 4) is 0 Å². The van der Waals surface area contributed by atoms with Gasteiger partial charge in [0.05, 0.1) is 0 Å². The molecule has 2 fully saturated rings. The molecule has 1 aromatic heterocycles. The monoisotopic (exact) mass is 601 g/mol. The van der Waals surface area contributed by atoms with Gasteiger partial charge in [0.25, 0.3) is 0 Å². The molecule has 1 aromatic rings. The van der Waals surface area contributed by atoms with Crippen LogP contribution in [0.25, 0.3) is 0 Å². The highest BCUT2D eigenvalue weighted by Gasteiger charge is 2.38. The van der Waals surface area contributed by atoms with Crippen LogP contribution in [0.15, 0.2) is 0 Å². The van der Waals surface area contributed by atoms with Crippen LogP contribution in [0.4, 0.5) is 17.8 Å². The molecule has 4 N–H and O–H groups in total. The predicted molar refractivity (Wildman–Crippen MR) is 185 cm³/mol. The number of piperidine rings is 2. The van der Waals surface area contributed by atoms with Crippen LogP contribution in [0.1, 0.15) is 147 Å². The summed E-state index contributed by atoms with van der Waals surface area (Å²) in [5.41, 5.74) is 0.870. The smallest absolute Gasteiger partial charge is 0.232 e. The van der Waals surface area contributed by atoms with Crippen LogP contribution in [0.5, 0.6) is 0 Å². The summed E-state index contributed by atoms with van der Waals surface area (Å²) in [6, 6.07) is 0.611. The van der Waals surface area contributed by atoms with Crippen molar-refractivity contribution in [3.63, 3.8) is 0 Å². The van der Waals surface area contributed by atoms with Gasteiger partial charge in [-0.05, 0) is 133 Å². The lowest BCUT2D eigenvalue weighted by atomic mass is 9.74. The zero-order valence-electron chi connectivity index (χ0n) is 30.1. The maximum absolute atomic E-state index is 4.87. The Bertz CT molecular complexity index is 893. The molecule has 0 bridgehead atoms. The van der Waals surface area contributed by atoms with E-state index in [-0.39, 0.29) is 22.2 Å². The molecule has 0 unspecified atom stereocenters. The zero-order valence-corrected chi connectivity index (χ0v) is 30.1. The lowest BCUT2D eigenvalue weighted by molar-refractivity contribution is 0.121. The van der Waals surface area contributed by atoms with Gasteiger partial charge in [-0.15, -0.1) is 0 Å². The molecule has 2 aliphatic heterocycles. The van der Waals surface area contributed by atoms with Crippen LogP contribution in [0.3, 0.4) is 0 Å². The maximum atomic E-state index is 4.87. The Morgan fingerprint density at radius 2 is 0.953 bits per heavy atom. The van der Waals surface area contributed by atoms with Gasteiger partial charge in [-0.25, -0.2) is 0 Å². The van der Waals surface area contributed by atoms with E-state index in [1.54, 1.807) is 0 Å². The SMILES string of the molecule is CC(C)N(c1nc(NCCCCC2CC(C)(C)NC(C)(C)C2)nc(NCCCCC2CC(C)(C)NC(C)(C)C2)n1)C(C)C. The van der Waals surface area contributed by atoms with Crippen molar-refractivity contribution in [2.75, 3.05) is 28.6 Å². The van der Waals surface area contributed by atoms with E-state index >= 15 is 0 Å². The van der Waals surface area contributed by atoms with Gasteiger partial charge in [-0.3, -0.25) is 0 Å². The zero-order chi connectivity index (χ0) is 32.1. The molecule has 0 spiro atoms. The molecular formula is C35H68N8. The summed E-state index contributed by atoms with van der Waals surface area (Å²) in [6.07, 6.45) is 12.3. The first-order valence-electron chi connectivity index (χ1n) is 17.5. The first-order valence-corrected chi connectivity index (χ1v) is 17.5. The topological polar surface area (TPSA) is 90.0 Å². The maximum Gasteiger partial charge on any atom is 0.232 e. The first kappa shape index (κ1) is 35.8. The fourth-order valence-electron chi connectivity index (χ4n) is 8.69. The molecule has 8 heteroatoms. The van der Waals surface area contributed by atoms with Gasteiger partial charge in [0.1, 0.15) is 0 Å². The van der Waals surface area contributed by atoms with Crippen molar-refractivity contribution >= 4 is 17.8 Å². The summed E-state index contributed by atoms with van der Waals surface area (Å²) in [5.74, 6) is 3.68. The highest BCUT2D eigenvalue weighted by Crippen LogP contribution is 2.36. The van der Waals surface area contributed by atoms with Crippen molar-refractivity contribution in [2.24, 2.45) is 11.8 Å². The molecule has 8 nitrogen and oxygen atoms in total. The second kappa shape index (κ2) is 14.6. The Morgan fingerprint density at radius 1 is 0.605 bits per heavy atom. The van der Waals surface area contributed by atoms with Crippen molar-refractivity contribution in [1.29, 1.82) is 0 Å². The number of unbranched alkanes of at least 4 members (excludes halogenated alkanes) is 2. The summed E-state index contributed by atoms with van der Waals surface area (Å²) in [6.45, 7) is 29.4. The number of aromatic nitrogens is 3. The number of hydrogen-bond donors (Lipinski definition) is 4. The molecule has 2 aliphatic rings. The van der Waals surface area contributed by atoms with E-state index in [4.69, 9.17) is 15.0 Å². The Kier molecular flexibility index (Phi) is 12.2. The van der Waals surface area contributed by atoms with Gasteiger partial charge in [0.2, 0.25) is 17.8 Å². The van der Waals surface area contributed by atoms with Crippen LogP contribution >= 0.6 is 0 Å². The van der Waals surface area contributed by atoms with Crippen molar-refractivity contribution in [1.82, 2.24) is 25.6 Å². The molecule has 0 radical (unpaired) electrons. The highest BCUT2D eigenvalue weighted by molar-refractivity contribution is 5.45. The molecule has 248 valence electrons. The molecule has 0 saturated carbocycles. The largest absolute Gasteiger partial charge is 0.354 e. The lowest BCUT2D eigenvalue weighted by Gasteiger charge is -2.46. The van der Waals surface area contributed by atoms with Crippen LogP contribution in [0, 0.1) is 11.8 Å². The molecule has 0 amide bonds. The van der Waals surface area contributed by atoms with Gasteiger partial charge < -0.3 is 26.2 Å². The number of rotatable bonds is 15. The fourth-order valence-corrected chi connectivity index (χ4v) is 8.69. The molecule has 0 atom stereocenters. The van der Waals surface area contributed by atoms with Crippen LogP contribution in [-0.2, 0) is 0 Å². The van der Waals surface area contributed by atoms with Crippen molar-refractivity contribution < 1.29 is 0 Å². The quantitative estimate of drug-likeness (QED) is 0.152. The third-order valence-electron chi connectivity index (χ3n) is 9.16. The highest BCUT2D eigenvalue weighted by atomic mass is 15.3. The minimum Gasteiger partial charge on any atom is -0.354 e.